The fourth-order valence-electron chi connectivity index (χ4n) is 2.77. The molecule has 2 aromatic carbocycles. The summed E-state index contributed by atoms with van der Waals surface area (Å²) in [6.07, 6.45) is 2.86. The molecule has 0 saturated carbocycles. The number of hydrogen-bond donors (Lipinski definition) is 1. The zero-order valence-electron chi connectivity index (χ0n) is 16.0. The number of benzene rings is 2. The van der Waals surface area contributed by atoms with Crippen LogP contribution >= 0.6 is 11.8 Å². The molecule has 2 rings (SSSR count). The number of nitro groups is 1. The molecule has 0 aliphatic rings. The second-order valence-corrected chi connectivity index (χ2v) is 8.16. The van der Waals surface area contributed by atoms with Gasteiger partial charge in [0.05, 0.1) is 4.92 Å². The molecule has 0 aliphatic heterocycles. The summed E-state index contributed by atoms with van der Waals surface area (Å²) in [5.41, 5.74) is 0.114. The zero-order chi connectivity index (χ0) is 20.7. The fraction of sp³-hybridized carbons (Fsp3) is 0.350. The van der Waals surface area contributed by atoms with Crippen LogP contribution in [0.2, 0.25) is 5.31 Å². The molecule has 0 heterocycles. The van der Waals surface area contributed by atoms with Crippen LogP contribution < -0.4 is 0 Å². The number of nitrogens with zero attached hydrogens (tertiary/aromatic N) is 1. The lowest BCUT2D eigenvalue weighted by atomic mass is 9.68. The first kappa shape index (κ1) is 22.1. The minimum Gasteiger partial charge on any atom is -0.397 e. The topological polar surface area (TPSA) is 80.4 Å². The third-order valence-corrected chi connectivity index (χ3v) is 6.11. The van der Waals surface area contributed by atoms with Gasteiger partial charge >= 0.3 is 0 Å². The molecule has 0 spiro atoms. The van der Waals surface area contributed by atoms with Crippen LogP contribution in [-0.4, -0.2) is 36.0 Å². The van der Waals surface area contributed by atoms with Crippen molar-refractivity contribution in [1.29, 1.82) is 0 Å². The molecule has 0 bridgehead atoms. The van der Waals surface area contributed by atoms with Crippen LogP contribution in [0, 0.1) is 15.9 Å². The van der Waals surface area contributed by atoms with Gasteiger partial charge in [-0.25, -0.2) is 4.39 Å². The van der Waals surface area contributed by atoms with Crippen molar-refractivity contribution >= 4 is 31.1 Å². The van der Waals surface area contributed by atoms with E-state index in [1.807, 2.05) is 7.85 Å². The molecule has 28 heavy (non-hydrogen) atoms. The normalized spacial score (nSPS) is 13.1. The second kappa shape index (κ2) is 9.84. The van der Waals surface area contributed by atoms with E-state index in [0.717, 1.165) is 25.3 Å². The Hall–Kier alpha value is -2.19. The molecule has 0 saturated heterocycles. The number of aliphatic hydroxyl groups is 1. The summed E-state index contributed by atoms with van der Waals surface area (Å²) < 4.78 is 13.8. The van der Waals surface area contributed by atoms with Crippen molar-refractivity contribution in [3.05, 3.63) is 69.5 Å². The number of thioether (sulfide) groups is 1. The largest absolute Gasteiger partial charge is 0.397 e. The van der Waals surface area contributed by atoms with Gasteiger partial charge in [0.25, 0.3) is 5.69 Å². The Morgan fingerprint density at radius 1 is 1.32 bits per heavy atom. The number of unbranched alkanes of at least 4 members (excludes halogenated alkanes) is 1. The maximum Gasteiger partial charge on any atom is 0.270 e. The Balaban J connectivity index is 2.30. The lowest BCUT2D eigenvalue weighted by Gasteiger charge is -2.27. The van der Waals surface area contributed by atoms with E-state index in [2.05, 4.69) is 6.92 Å². The number of ketones is 1. The smallest absolute Gasteiger partial charge is 0.270 e. The first-order valence-corrected chi connectivity index (χ1v) is 10.1. The molecular weight excluding hydrogens is 380 g/mol. The fourth-order valence-corrected chi connectivity index (χ4v) is 3.99. The minimum absolute atomic E-state index is 0.0232. The highest BCUT2D eigenvalue weighted by molar-refractivity contribution is 7.99. The van der Waals surface area contributed by atoms with Crippen molar-refractivity contribution in [3.63, 3.8) is 0 Å². The van der Waals surface area contributed by atoms with E-state index in [9.17, 15) is 24.4 Å². The number of hydrogen-bond acceptors (Lipinski definition) is 5. The van der Waals surface area contributed by atoms with Crippen molar-refractivity contribution in [2.24, 2.45) is 0 Å². The summed E-state index contributed by atoms with van der Waals surface area (Å²) in [5, 5.41) is 20.4. The molecule has 0 radical (unpaired) electrons. The van der Waals surface area contributed by atoms with E-state index < -0.39 is 16.5 Å². The second-order valence-electron chi connectivity index (χ2n) is 7.14. The SMILES string of the molecule is B[C@@](CO)(CCCC)CSc1ccc(F)cc1C(=O)c1cccc([N+](=O)[O-])c1. The number of non-ortho nitro benzene ring substituents is 1. The summed E-state index contributed by atoms with van der Waals surface area (Å²) in [4.78, 5) is 23.9. The third kappa shape index (κ3) is 5.66. The van der Waals surface area contributed by atoms with Gasteiger partial charge in [0, 0.05) is 34.8 Å². The van der Waals surface area contributed by atoms with Crippen LogP contribution in [0.25, 0.3) is 0 Å². The van der Waals surface area contributed by atoms with Gasteiger partial charge in [-0.3, -0.25) is 14.9 Å². The van der Waals surface area contributed by atoms with Gasteiger partial charge in [-0.15, -0.1) is 11.8 Å². The number of rotatable bonds is 10. The van der Waals surface area contributed by atoms with E-state index in [4.69, 9.17) is 0 Å². The number of nitro benzene ring substituents is 1. The molecule has 0 fully saturated rings. The van der Waals surface area contributed by atoms with Gasteiger partial charge in [0.1, 0.15) is 13.7 Å². The summed E-state index contributed by atoms with van der Waals surface area (Å²) in [6, 6.07) is 9.40. The Kier molecular flexibility index (Phi) is 7.77. The monoisotopic (exact) mass is 403 g/mol. The molecule has 0 aromatic heterocycles. The summed E-state index contributed by atoms with van der Waals surface area (Å²) >= 11 is 1.39. The summed E-state index contributed by atoms with van der Waals surface area (Å²) in [6.45, 7) is 2.11. The Morgan fingerprint density at radius 2 is 2.07 bits per heavy atom. The van der Waals surface area contributed by atoms with Gasteiger partial charge in [-0.2, -0.15) is 0 Å². The van der Waals surface area contributed by atoms with Crippen LogP contribution in [0.5, 0.6) is 0 Å². The molecule has 0 amide bonds. The molecule has 148 valence electrons. The first-order valence-electron chi connectivity index (χ1n) is 9.12. The third-order valence-electron chi connectivity index (χ3n) is 4.60. The van der Waals surface area contributed by atoms with E-state index >= 15 is 0 Å². The maximum absolute atomic E-state index is 13.8. The van der Waals surface area contributed by atoms with Gasteiger partial charge in [0.15, 0.2) is 5.78 Å². The number of carbonyl (C=O) groups excluding carboxylic acids is 1. The Bertz CT molecular complexity index is 864. The highest BCUT2D eigenvalue weighted by Gasteiger charge is 2.25. The first-order chi connectivity index (χ1) is 13.3. The van der Waals surface area contributed by atoms with Gasteiger partial charge in [-0.1, -0.05) is 38.3 Å². The predicted molar refractivity (Wildman–Crippen MR) is 112 cm³/mol. The van der Waals surface area contributed by atoms with Crippen molar-refractivity contribution < 1.29 is 19.2 Å². The van der Waals surface area contributed by atoms with Gasteiger partial charge in [-0.05, 0) is 29.3 Å². The summed E-state index contributed by atoms with van der Waals surface area (Å²) in [5.74, 6) is -0.441. The van der Waals surface area contributed by atoms with Crippen molar-refractivity contribution in [3.8, 4) is 0 Å². The Labute approximate surface area is 168 Å². The quantitative estimate of drug-likeness (QED) is 0.213. The number of aliphatic hydroxyl groups excluding tert-OH is 1. The molecule has 0 unspecified atom stereocenters. The van der Waals surface area contributed by atoms with Crippen molar-refractivity contribution in [2.75, 3.05) is 12.4 Å². The van der Waals surface area contributed by atoms with E-state index in [1.54, 1.807) is 6.07 Å². The average molecular weight is 403 g/mol. The molecule has 1 N–H and O–H groups in total. The van der Waals surface area contributed by atoms with E-state index in [1.165, 1.54) is 42.1 Å². The van der Waals surface area contributed by atoms with E-state index in [-0.39, 0.29) is 28.7 Å². The van der Waals surface area contributed by atoms with Gasteiger partial charge < -0.3 is 5.11 Å². The molecule has 2 aromatic rings. The highest BCUT2D eigenvalue weighted by Crippen LogP contribution is 2.37. The lowest BCUT2D eigenvalue weighted by Crippen LogP contribution is -2.21. The number of carbonyl (C=O) groups is 1. The number of halogens is 1. The van der Waals surface area contributed by atoms with Crippen LogP contribution in [-0.2, 0) is 0 Å². The van der Waals surface area contributed by atoms with Crippen LogP contribution in [0.3, 0.4) is 0 Å². The standard InChI is InChI=1S/C20H23BFNO4S/c1-2-3-9-20(21,12-24)13-28-18-8-7-15(22)11-17(18)19(25)14-5-4-6-16(10-14)23(26)27/h4-8,10-11,24H,2-3,9,12-13,21H2,1H3/t20-/m1/s1. The van der Waals surface area contributed by atoms with Crippen molar-refractivity contribution in [1.82, 2.24) is 0 Å². The van der Waals surface area contributed by atoms with Crippen molar-refractivity contribution in [2.45, 2.75) is 36.4 Å². The molecule has 5 nitrogen and oxygen atoms in total. The van der Waals surface area contributed by atoms with Crippen LogP contribution in [0.15, 0.2) is 47.4 Å². The van der Waals surface area contributed by atoms with Crippen LogP contribution in [0.4, 0.5) is 10.1 Å². The molecule has 8 heteroatoms. The Morgan fingerprint density at radius 3 is 2.71 bits per heavy atom. The lowest BCUT2D eigenvalue weighted by molar-refractivity contribution is -0.384. The van der Waals surface area contributed by atoms with Crippen LogP contribution in [0.1, 0.15) is 42.1 Å². The van der Waals surface area contributed by atoms with Gasteiger partial charge in [0.2, 0.25) is 0 Å². The molecule has 0 aliphatic carbocycles. The zero-order valence-corrected chi connectivity index (χ0v) is 16.8. The predicted octanol–water partition coefficient (Wildman–Crippen LogP) is 4.03. The maximum atomic E-state index is 13.8. The minimum atomic E-state index is -0.571. The highest BCUT2D eigenvalue weighted by atomic mass is 32.2. The molecular formula is C20H23BFNO4S. The average Bonchev–Trinajstić information content (AvgIpc) is 2.70. The summed E-state index contributed by atoms with van der Waals surface area (Å²) in [7, 11) is 1.99. The molecule has 1 atom stereocenters. The van der Waals surface area contributed by atoms with E-state index in [0.29, 0.717) is 10.6 Å².